The minimum Gasteiger partial charge on any atom is -0.310 e. The maximum atomic E-state index is 13.5. The Morgan fingerprint density at radius 1 is 1.00 bits per heavy atom. The summed E-state index contributed by atoms with van der Waals surface area (Å²) in [6.45, 7) is 2.02. The summed E-state index contributed by atoms with van der Waals surface area (Å²) in [6, 6.07) is 9.12. The molecule has 6 nitrogen and oxygen atoms in total. The maximum Gasteiger partial charge on any atom is 0.163 e. The van der Waals surface area contributed by atoms with Crippen molar-refractivity contribution < 1.29 is 14.4 Å². The third-order valence-corrected chi connectivity index (χ3v) is 7.92. The molecule has 2 aliphatic carbocycles. The number of hydrogen-bond acceptors (Lipinski definition) is 6. The lowest BCUT2D eigenvalue weighted by Gasteiger charge is -2.31. The fourth-order valence-electron chi connectivity index (χ4n) is 5.54. The van der Waals surface area contributed by atoms with Gasteiger partial charge in [-0.25, -0.2) is 0 Å². The van der Waals surface area contributed by atoms with Gasteiger partial charge in [-0.15, -0.1) is 0 Å². The quantitative estimate of drug-likeness (QED) is 0.411. The van der Waals surface area contributed by atoms with E-state index in [1.54, 1.807) is 6.92 Å². The molecule has 34 heavy (non-hydrogen) atoms. The number of hydrogen-bond donors (Lipinski definition) is 2. The van der Waals surface area contributed by atoms with Crippen LogP contribution in [0.1, 0.15) is 63.9 Å². The van der Waals surface area contributed by atoms with Crippen molar-refractivity contribution in [2.75, 3.05) is 27.2 Å². The predicted octanol–water partition coefficient (Wildman–Crippen LogP) is 3.18. The highest BCUT2D eigenvalue weighted by Crippen LogP contribution is 2.31. The first-order valence-electron chi connectivity index (χ1n) is 13.1. The monoisotopic (exact) mass is 469 g/mol. The number of ketones is 3. The van der Waals surface area contributed by atoms with Crippen LogP contribution in [0.3, 0.4) is 0 Å². The van der Waals surface area contributed by atoms with Gasteiger partial charge in [0.25, 0.3) is 0 Å². The van der Waals surface area contributed by atoms with Gasteiger partial charge in [-0.05, 0) is 64.1 Å². The molecule has 3 atom stereocenters. The van der Waals surface area contributed by atoms with Crippen LogP contribution in [0.5, 0.6) is 0 Å². The van der Waals surface area contributed by atoms with Crippen LogP contribution in [0.15, 0.2) is 30.3 Å². The van der Waals surface area contributed by atoms with Crippen LogP contribution in [0.2, 0.25) is 0 Å². The Kier molecular flexibility index (Phi) is 10.4. The van der Waals surface area contributed by atoms with Gasteiger partial charge in [-0.1, -0.05) is 62.4 Å². The Labute approximate surface area is 205 Å². The Morgan fingerprint density at radius 2 is 1.68 bits per heavy atom. The van der Waals surface area contributed by atoms with Crippen LogP contribution < -0.4 is 10.6 Å². The van der Waals surface area contributed by atoms with Crippen LogP contribution in [0, 0.1) is 11.8 Å². The normalized spacial score (nSPS) is 19.5. The van der Waals surface area contributed by atoms with Crippen LogP contribution in [0.4, 0.5) is 0 Å². The van der Waals surface area contributed by atoms with Gasteiger partial charge in [0.1, 0.15) is 5.78 Å². The second-order valence-corrected chi connectivity index (χ2v) is 10.4. The third kappa shape index (κ3) is 7.56. The molecule has 1 aromatic rings. The molecule has 0 bridgehead atoms. The molecule has 0 radical (unpaired) electrons. The summed E-state index contributed by atoms with van der Waals surface area (Å²) >= 11 is 0. The first kappa shape index (κ1) is 26.7. The lowest BCUT2D eigenvalue weighted by Crippen LogP contribution is -2.52. The molecule has 2 aliphatic rings. The number of benzene rings is 1. The van der Waals surface area contributed by atoms with Gasteiger partial charge in [0.2, 0.25) is 0 Å². The zero-order chi connectivity index (χ0) is 24.5. The van der Waals surface area contributed by atoms with E-state index in [-0.39, 0.29) is 54.5 Å². The van der Waals surface area contributed by atoms with Gasteiger partial charge in [-0.2, -0.15) is 0 Å². The van der Waals surface area contributed by atoms with Gasteiger partial charge in [-0.3, -0.25) is 19.3 Å². The number of carbonyl (C=O) groups is 3. The molecule has 2 fully saturated rings. The molecule has 0 aliphatic heterocycles. The van der Waals surface area contributed by atoms with E-state index in [1.807, 2.05) is 49.3 Å². The number of nitrogens with one attached hydrogen (secondary N) is 2. The molecule has 6 heteroatoms. The SMILES string of the molecule is CN[C@@H](CC1CCC1)C(=O)CN[C@H](C(=O)CN(C)[C@@H](Cc1ccccc1)C(C)=O)C1CCCC1. The molecular formula is C28H43N3O3. The van der Waals surface area contributed by atoms with Crippen molar-refractivity contribution >= 4 is 17.3 Å². The van der Waals surface area contributed by atoms with Crippen molar-refractivity contribution in [3.8, 4) is 0 Å². The average molecular weight is 470 g/mol. The fraction of sp³-hybridized carbons (Fsp3) is 0.679. The van der Waals surface area contributed by atoms with E-state index in [1.165, 1.54) is 19.3 Å². The van der Waals surface area contributed by atoms with Crippen molar-refractivity contribution in [1.82, 2.24) is 15.5 Å². The Bertz CT molecular complexity index is 802. The molecule has 0 amide bonds. The van der Waals surface area contributed by atoms with Gasteiger partial charge in [0.05, 0.1) is 31.2 Å². The number of nitrogens with zero attached hydrogens (tertiary/aromatic N) is 1. The molecule has 0 unspecified atom stereocenters. The average Bonchev–Trinajstić information content (AvgIpc) is 3.31. The summed E-state index contributed by atoms with van der Waals surface area (Å²) in [5.41, 5.74) is 1.09. The molecule has 188 valence electrons. The topological polar surface area (TPSA) is 78.5 Å². The van der Waals surface area contributed by atoms with Crippen LogP contribution in [-0.2, 0) is 20.8 Å². The van der Waals surface area contributed by atoms with Crippen molar-refractivity contribution in [2.45, 2.75) is 82.8 Å². The van der Waals surface area contributed by atoms with Crippen molar-refractivity contribution in [1.29, 1.82) is 0 Å². The summed E-state index contributed by atoms with van der Waals surface area (Å²) in [7, 11) is 3.71. The lowest BCUT2D eigenvalue weighted by atomic mass is 9.80. The first-order valence-corrected chi connectivity index (χ1v) is 13.1. The van der Waals surface area contributed by atoms with Crippen LogP contribution in [-0.4, -0.2) is 67.6 Å². The zero-order valence-electron chi connectivity index (χ0n) is 21.2. The van der Waals surface area contributed by atoms with Gasteiger partial charge in [0, 0.05) is 0 Å². The van der Waals surface area contributed by atoms with Gasteiger partial charge >= 0.3 is 0 Å². The first-order chi connectivity index (χ1) is 16.4. The van der Waals surface area contributed by atoms with Crippen LogP contribution in [0.25, 0.3) is 0 Å². The number of carbonyl (C=O) groups excluding carboxylic acids is 3. The summed E-state index contributed by atoms with van der Waals surface area (Å²) in [4.78, 5) is 40.7. The van der Waals surface area contributed by atoms with Gasteiger partial charge in [0.15, 0.2) is 11.6 Å². The maximum absolute atomic E-state index is 13.5. The summed E-state index contributed by atoms with van der Waals surface area (Å²) in [6.07, 6.45) is 9.47. The van der Waals surface area contributed by atoms with E-state index in [0.717, 1.165) is 37.7 Å². The second-order valence-electron chi connectivity index (χ2n) is 10.4. The summed E-state index contributed by atoms with van der Waals surface area (Å²) in [5, 5.41) is 6.54. The minimum atomic E-state index is -0.339. The number of Topliss-reactive ketones (excluding diaryl/α,β-unsaturated/α-hetero) is 3. The molecule has 0 heterocycles. The van der Waals surface area contributed by atoms with E-state index < -0.39 is 0 Å². The Balaban J connectivity index is 1.60. The highest BCUT2D eigenvalue weighted by atomic mass is 16.1. The molecule has 0 spiro atoms. The van der Waals surface area contributed by atoms with Crippen molar-refractivity contribution in [2.24, 2.45) is 11.8 Å². The number of likely N-dealkylation sites (N-methyl/N-ethyl adjacent to an activating group) is 2. The smallest absolute Gasteiger partial charge is 0.163 e. The predicted molar refractivity (Wildman–Crippen MR) is 136 cm³/mol. The van der Waals surface area contributed by atoms with Gasteiger partial charge < -0.3 is 10.6 Å². The molecule has 0 aromatic heterocycles. The van der Waals surface area contributed by atoms with Crippen molar-refractivity contribution in [3.63, 3.8) is 0 Å². The minimum absolute atomic E-state index is 0.0626. The molecule has 3 rings (SSSR count). The third-order valence-electron chi connectivity index (χ3n) is 7.92. The summed E-state index contributed by atoms with van der Waals surface area (Å²) < 4.78 is 0. The molecular weight excluding hydrogens is 426 g/mol. The molecule has 1 aromatic carbocycles. The Hall–Kier alpha value is -1.89. The van der Waals surface area contributed by atoms with E-state index in [2.05, 4.69) is 10.6 Å². The summed E-state index contributed by atoms with van der Waals surface area (Å²) in [5.74, 6) is 1.20. The standard InChI is InChI=1S/C28H43N3O3/c1-20(32)25(17-22-10-5-4-6-11-22)31(3)19-27(34)28(23-14-7-8-15-23)30-18-26(33)24(29-2)16-21-12-9-13-21/h4-6,10-11,21,23-25,28-30H,7-9,12-19H2,1-3H3/t24-,25-,28-/m0/s1. The number of rotatable bonds is 15. The van der Waals surface area contributed by atoms with Crippen molar-refractivity contribution in [3.05, 3.63) is 35.9 Å². The van der Waals surface area contributed by atoms with E-state index in [9.17, 15) is 14.4 Å². The molecule has 2 saturated carbocycles. The highest BCUT2D eigenvalue weighted by Gasteiger charge is 2.33. The fourth-order valence-corrected chi connectivity index (χ4v) is 5.54. The molecule has 0 saturated heterocycles. The van der Waals surface area contributed by atoms with Crippen LogP contribution >= 0.6 is 0 Å². The largest absolute Gasteiger partial charge is 0.310 e. The highest BCUT2D eigenvalue weighted by molar-refractivity contribution is 5.90. The Morgan fingerprint density at radius 3 is 2.24 bits per heavy atom. The zero-order valence-corrected chi connectivity index (χ0v) is 21.2. The molecule has 2 N–H and O–H groups in total. The van der Waals surface area contributed by atoms with E-state index in [0.29, 0.717) is 12.3 Å². The lowest BCUT2D eigenvalue weighted by molar-refractivity contribution is -0.126. The van der Waals surface area contributed by atoms with E-state index in [4.69, 9.17) is 0 Å². The second kappa shape index (κ2) is 13.3. The van der Waals surface area contributed by atoms with E-state index >= 15 is 0 Å².